The highest BCUT2D eigenvalue weighted by molar-refractivity contribution is 7.99. The molecule has 78 valence electrons. The molecule has 2 rings (SSSR count). The highest BCUT2D eigenvalue weighted by atomic mass is 32.2. The molecule has 0 saturated carbocycles. The maximum Gasteiger partial charge on any atom is 0.0991 e. The molecule has 14 heavy (non-hydrogen) atoms. The van der Waals surface area contributed by atoms with Gasteiger partial charge in [0.1, 0.15) is 0 Å². The first-order chi connectivity index (χ1) is 6.79. The van der Waals surface area contributed by atoms with Gasteiger partial charge in [0.2, 0.25) is 0 Å². The van der Waals surface area contributed by atoms with E-state index >= 15 is 0 Å². The van der Waals surface area contributed by atoms with Gasteiger partial charge in [-0.2, -0.15) is 11.8 Å². The lowest BCUT2D eigenvalue weighted by atomic mass is 9.96. The molecule has 0 bridgehead atoms. The third-order valence-electron chi connectivity index (χ3n) is 2.80. The topological polar surface area (TPSA) is 38.0 Å². The zero-order valence-corrected chi connectivity index (χ0v) is 9.20. The Balaban J connectivity index is 2.07. The van der Waals surface area contributed by atoms with Crippen molar-refractivity contribution in [2.24, 2.45) is 13.0 Å². The van der Waals surface area contributed by atoms with Crippen LogP contribution in [0.1, 0.15) is 24.6 Å². The lowest BCUT2D eigenvalue weighted by Crippen LogP contribution is -2.20. The zero-order valence-electron chi connectivity index (χ0n) is 8.39. The number of aliphatic hydroxyl groups excluding tert-OH is 1. The molecular formula is C10H16N2OS. The SMILES string of the molecule is Cn1cncc1C(O)C1CCCSC1. The Kier molecular flexibility index (Phi) is 3.13. The second kappa shape index (κ2) is 4.36. The summed E-state index contributed by atoms with van der Waals surface area (Å²) < 4.78 is 1.91. The largest absolute Gasteiger partial charge is 0.387 e. The Morgan fingerprint density at radius 2 is 2.57 bits per heavy atom. The lowest BCUT2D eigenvalue weighted by molar-refractivity contribution is 0.106. The molecule has 2 atom stereocenters. The minimum Gasteiger partial charge on any atom is -0.387 e. The molecule has 1 aliphatic rings. The van der Waals surface area contributed by atoms with E-state index in [0.29, 0.717) is 5.92 Å². The summed E-state index contributed by atoms with van der Waals surface area (Å²) in [4.78, 5) is 4.03. The summed E-state index contributed by atoms with van der Waals surface area (Å²) in [7, 11) is 1.93. The Labute approximate surface area is 88.5 Å². The Morgan fingerprint density at radius 3 is 3.14 bits per heavy atom. The summed E-state index contributed by atoms with van der Waals surface area (Å²) in [6.45, 7) is 0. The van der Waals surface area contributed by atoms with Crippen molar-refractivity contribution in [3.63, 3.8) is 0 Å². The number of hydrogen-bond donors (Lipinski definition) is 1. The van der Waals surface area contributed by atoms with Crippen LogP contribution in [0.2, 0.25) is 0 Å². The van der Waals surface area contributed by atoms with E-state index in [-0.39, 0.29) is 6.10 Å². The smallest absolute Gasteiger partial charge is 0.0991 e. The molecule has 2 unspecified atom stereocenters. The third kappa shape index (κ3) is 1.96. The second-order valence-electron chi connectivity index (χ2n) is 3.85. The summed E-state index contributed by atoms with van der Waals surface area (Å²) >= 11 is 1.94. The van der Waals surface area contributed by atoms with Crippen LogP contribution < -0.4 is 0 Å². The second-order valence-corrected chi connectivity index (χ2v) is 5.00. The number of hydrogen-bond acceptors (Lipinski definition) is 3. The molecule has 1 fully saturated rings. The van der Waals surface area contributed by atoms with E-state index in [4.69, 9.17) is 0 Å². The van der Waals surface area contributed by atoms with E-state index in [2.05, 4.69) is 4.98 Å². The normalized spacial score (nSPS) is 24.9. The van der Waals surface area contributed by atoms with Crippen LogP contribution in [0.5, 0.6) is 0 Å². The van der Waals surface area contributed by atoms with Crippen LogP contribution in [0.3, 0.4) is 0 Å². The van der Waals surface area contributed by atoms with Crippen LogP contribution in [0.15, 0.2) is 12.5 Å². The van der Waals surface area contributed by atoms with Crippen LogP contribution in [0.4, 0.5) is 0 Å². The molecule has 0 aromatic carbocycles. The van der Waals surface area contributed by atoms with Crippen molar-refractivity contribution in [3.8, 4) is 0 Å². The van der Waals surface area contributed by atoms with Crippen LogP contribution in [0, 0.1) is 5.92 Å². The maximum atomic E-state index is 10.1. The molecular weight excluding hydrogens is 196 g/mol. The molecule has 0 radical (unpaired) electrons. The number of thioether (sulfide) groups is 1. The first-order valence-corrected chi connectivity index (χ1v) is 6.16. The minimum atomic E-state index is -0.338. The molecule has 1 saturated heterocycles. The summed E-state index contributed by atoms with van der Waals surface area (Å²) in [6, 6.07) is 0. The minimum absolute atomic E-state index is 0.338. The van der Waals surface area contributed by atoms with Gasteiger partial charge in [-0.1, -0.05) is 0 Å². The van der Waals surface area contributed by atoms with Crippen LogP contribution >= 0.6 is 11.8 Å². The van der Waals surface area contributed by atoms with Gasteiger partial charge in [-0.3, -0.25) is 0 Å². The fourth-order valence-corrected chi connectivity index (χ4v) is 3.10. The lowest BCUT2D eigenvalue weighted by Gasteiger charge is -2.26. The van der Waals surface area contributed by atoms with Gasteiger partial charge in [-0.25, -0.2) is 4.98 Å². The highest BCUT2D eigenvalue weighted by Crippen LogP contribution is 2.32. The van der Waals surface area contributed by atoms with Crippen molar-refractivity contribution >= 4 is 11.8 Å². The molecule has 1 aliphatic heterocycles. The van der Waals surface area contributed by atoms with Crippen molar-refractivity contribution in [1.82, 2.24) is 9.55 Å². The molecule has 0 aliphatic carbocycles. The van der Waals surface area contributed by atoms with E-state index in [1.54, 1.807) is 12.5 Å². The predicted octanol–water partition coefficient (Wildman–Crippen LogP) is 1.60. The van der Waals surface area contributed by atoms with E-state index in [0.717, 1.165) is 17.9 Å². The molecule has 1 N–H and O–H groups in total. The molecule has 4 heteroatoms. The number of aliphatic hydroxyl groups is 1. The Bertz CT molecular complexity index is 294. The van der Waals surface area contributed by atoms with Crippen molar-refractivity contribution in [2.45, 2.75) is 18.9 Å². The number of nitrogens with zero attached hydrogens (tertiary/aromatic N) is 2. The van der Waals surface area contributed by atoms with Gasteiger partial charge >= 0.3 is 0 Å². The monoisotopic (exact) mass is 212 g/mol. The van der Waals surface area contributed by atoms with E-state index in [1.807, 2.05) is 23.4 Å². The van der Waals surface area contributed by atoms with Gasteiger partial charge in [0, 0.05) is 7.05 Å². The number of aryl methyl sites for hydroxylation is 1. The summed E-state index contributed by atoms with van der Waals surface area (Å²) in [5.74, 6) is 2.73. The Morgan fingerprint density at radius 1 is 1.71 bits per heavy atom. The number of aromatic nitrogens is 2. The van der Waals surface area contributed by atoms with E-state index in [1.165, 1.54) is 12.2 Å². The summed E-state index contributed by atoms with van der Waals surface area (Å²) in [6.07, 6.45) is 5.54. The number of imidazole rings is 1. The number of rotatable bonds is 2. The molecule has 1 aromatic heterocycles. The van der Waals surface area contributed by atoms with Gasteiger partial charge < -0.3 is 9.67 Å². The molecule has 2 heterocycles. The molecule has 0 spiro atoms. The van der Waals surface area contributed by atoms with E-state index < -0.39 is 0 Å². The first-order valence-electron chi connectivity index (χ1n) is 5.01. The summed E-state index contributed by atoms with van der Waals surface area (Å²) in [5, 5.41) is 10.1. The van der Waals surface area contributed by atoms with Crippen molar-refractivity contribution in [2.75, 3.05) is 11.5 Å². The van der Waals surface area contributed by atoms with Gasteiger partial charge in [-0.15, -0.1) is 0 Å². The highest BCUT2D eigenvalue weighted by Gasteiger charge is 2.24. The average Bonchev–Trinajstić information content (AvgIpc) is 2.65. The molecule has 1 aromatic rings. The van der Waals surface area contributed by atoms with Crippen LogP contribution in [-0.2, 0) is 7.05 Å². The Hall–Kier alpha value is -0.480. The van der Waals surface area contributed by atoms with Crippen molar-refractivity contribution in [3.05, 3.63) is 18.2 Å². The third-order valence-corrected chi connectivity index (χ3v) is 4.04. The van der Waals surface area contributed by atoms with Gasteiger partial charge in [0.25, 0.3) is 0 Å². The van der Waals surface area contributed by atoms with Crippen LogP contribution in [-0.4, -0.2) is 26.2 Å². The molecule has 3 nitrogen and oxygen atoms in total. The van der Waals surface area contributed by atoms with E-state index in [9.17, 15) is 5.11 Å². The zero-order chi connectivity index (χ0) is 9.97. The fourth-order valence-electron chi connectivity index (χ4n) is 1.91. The fraction of sp³-hybridized carbons (Fsp3) is 0.700. The standard InChI is InChI=1S/C10H16N2OS/c1-12-7-11-5-9(12)10(13)8-3-2-4-14-6-8/h5,7-8,10,13H,2-4,6H2,1H3. The predicted molar refractivity (Wildman–Crippen MR) is 58.2 cm³/mol. The van der Waals surface area contributed by atoms with Gasteiger partial charge in [0.05, 0.1) is 24.3 Å². The van der Waals surface area contributed by atoms with Crippen molar-refractivity contribution in [1.29, 1.82) is 0 Å². The van der Waals surface area contributed by atoms with Crippen molar-refractivity contribution < 1.29 is 5.11 Å². The van der Waals surface area contributed by atoms with Crippen LogP contribution in [0.25, 0.3) is 0 Å². The van der Waals surface area contributed by atoms with Gasteiger partial charge in [0.15, 0.2) is 0 Å². The quantitative estimate of drug-likeness (QED) is 0.809. The first kappa shape index (κ1) is 10.1. The average molecular weight is 212 g/mol. The summed E-state index contributed by atoms with van der Waals surface area (Å²) in [5.41, 5.74) is 0.942. The molecule has 0 amide bonds. The maximum absolute atomic E-state index is 10.1. The van der Waals surface area contributed by atoms with Gasteiger partial charge in [-0.05, 0) is 30.3 Å².